The van der Waals surface area contributed by atoms with E-state index >= 15 is 0 Å². The molecule has 8 heteroatoms. The molecule has 35 heavy (non-hydrogen) atoms. The number of nitrogens with one attached hydrogen (secondary N) is 1. The zero-order valence-corrected chi connectivity index (χ0v) is 21.1. The van der Waals surface area contributed by atoms with Crippen molar-refractivity contribution >= 4 is 21.0 Å². The molecular weight excluding hydrogens is 464 g/mol. The van der Waals surface area contributed by atoms with Gasteiger partial charge in [-0.2, -0.15) is 4.31 Å². The highest BCUT2D eigenvalue weighted by molar-refractivity contribution is 7.88. The SMILES string of the molecule is CC(C)(C)c1cc(-c2ccc[nH]c2=O)cc2c(-c3ccc(CN(CCO)S(C)(=O)=O)cc3)coc12. The molecule has 4 aromatic rings. The van der Waals surface area contributed by atoms with Gasteiger partial charge < -0.3 is 14.5 Å². The minimum absolute atomic E-state index is 0.0456. The fourth-order valence-electron chi connectivity index (χ4n) is 4.19. The van der Waals surface area contributed by atoms with Gasteiger partial charge in [0, 0.05) is 41.4 Å². The van der Waals surface area contributed by atoms with Crippen LogP contribution < -0.4 is 5.56 Å². The van der Waals surface area contributed by atoms with Crippen LogP contribution in [0, 0.1) is 0 Å². The number of pyridine rings is 1. The molecule has 7 nitrogen and oxygen atoms in total. The van der Waals surface area contributed by atoms with Crippen LogP contribution in [0.15, 0.2) is 70.2 Å². The molecule has 0 saturated heterocycles. The first-order valence-corrected chi connectivity index (χ1v) is 13.2. The molecular formula is C27H30N2O5S. The minimum Gasteiger partial charge on any atom is -0.463 e. The molecule has 2 aromatic heterocycles. The molecule has 0 aliphatic heterocycles. The average Bonchev–Trinajstić information content (AvgIpc) is 3.21. The van der Waals surface area contributed by atoms with Crippen molar-refractivity contribution in [3.8, 4) is 22.3 Å². The number of nitrogens with zero attached hydrogens (tertiary/aromatic N) is 1. The van der Waals surface area contributed by atoms with Gasteiger partial charge in [0.2, 0.25) is 10.0 Å². The number of aliphatic hydroxyl groups is 1. The van der Waals surface area contributed by atoms with E-state index in [0.717, 1.165) is 45.0 Å². The third-order valence-electron chi connectivity index (χ3n) is 6.05. The standard InChI is InChI=1S/C27H30N2O5S/c1-27(2,3)24-15-20(21-6-5-11-28-26(21)31)14-22-23(17-34-25(22)24)19-9-7-18(8-10-19)16-29(12-13-30)35(4,32)33/h5-11,14-15,17,30H,12-13,16H2,1-4H3,(H,28,31). The molecule has 2 aromatic carbocycles. The van der Waals surface area contributed by atoms with Crippen LogP contribution in [0.25, 0.3) is 33.2 Å². The van der Waals surface area contributed by atoms with Gasteiger partial charge in [-0.05, 0) is 46.4 Å². The second-order valence-corrected chi connectivity index (χ2v) is 11.7. The number of furan rings is 1. The fourth-order valence-corrected chi connectivity index (χ4v) is 4.99. The van der Waals surface area contributed by atoms with Gasteiger partial charge in [0.05, 0.1) is 19.1 Å². The van der Waals surface area contributed by atoms with Crippen LogP contribution in [0.4, 0.5) is 0 Å². The first-order valence-electron chi connectivity index (χ1n) is 11.4. The third-order valence-corrected chi connectivity index (χ3v) is 7.30. The number of sulfonamides is 1. The minimum atomic E-state index is -3.43. The van der Waals surface area contributed by atoms with Crippen molar-refractivity contribution in [2.75, 3.05) is 19.4 Å². The molecule has 0 saturated carbocycles. The molecule has 0 fully saturated rings. The lowest BCUT2D eigenvalue weighted by Gasteiger charge is -2.20. The fraction of sp³-hybridized carbons (Fsp3) is 0.296. The highest BCUT2D eigenvalue weighted by atomic mass is 32.2. The van der Waals surface area contributed by atoms with Crippen LogP contribution >= 0.6 is 0 Å². The Bertz CT molecular complexity index is 1510. The predicted octanol–water partition coefficient (Wildman–Crippen LogP) is 4.51. The van der Waals surface area contributed by atoms with Gasteiger partial charge in [-0.15, -0.1) is 0 Å². The van der Waals surface area contributed by atoms with Crippen molar-refractivity contribution in [3.63, 3.8) is 0 Å². The quantitative estimate of drug-likeness (QED) is 0.394. The number of hydrogen-bond donors (Lipinski definition) is 2. The van der Waals surface area contributed by atoms with E-state index in [1.54, 1.807) is 18.5 Å². The monoisotopic (exact) mass is 494 g/mol. The molecule has 0 atom stereocenters. The number of aromatic nitrogens is 1. The first-order chi connectivity index (χ1) is 16.5. The van der Waals surface area contributed by atoms with E-state index in [2.05, 4.69) is 25.8 Å². The summed E-state index contributed by atoms with van der Waals surface area (Å²) in [7, 11) is -3.43. The van der Waals surface area contributed by atoms with Gasteiger partial charge in [0.1, 0.15) is 5.58 Å². The van der Waals surface area contributed by atoms with E-state index in [1.807, 2.05) is 42.5 Å². The first kappa shape index (κ1) is 24.9. The normalized spacial score (nSPS) is 12.5. The summed E-state index contributed by atoms with van der Waals surface area (Å²) in [5.41, 5.74) is 5.44. The second kappa shape index (κ2) is 9.45. The Morgan fingerprint density at radius 2 is 1.74 bits per heavy atom. The summed E-state index contributed by atoms with van der Waals surface area (Å²) in [4.78, 5) is 15.3. The molecule has 0 spiro atoms. The van der Waals surface area contributed by atoms with Gasteiger partial charge in [-0.3, -0.25) is 4.79 Å². The van der Waals surface area contributed by atoms with Crippen LogP contribution in [-0.4, -0.2) is 42.2 Å². The lowest BCUT2D eigenvalue weighted by atomic mass is 9.83. The largest absolute Gasteiger partial charge is 0.463 e. The van der Waals surface area contributed by atoms with Crippen molar-refractivity contribution in [3.05, 3.63) is 82.5 Å². The number of benzene rings is 2. The van der Waals surface area contributed by atoms with Crippen LogP contribution in [-0.2, 0) is 22.0 Å². The number of H-pyrrole nitrogens is 1. The van der Waals surface area contributed by atoms with Gasteiger partial charge in [-0.25, -0.2) is 8.42 Å². The molecule has 0 radical (unpaired) electrons. The Hall–Kier alpha value is -3.20. The maximum atomic E-state index is 12.5. The van der Waals surface area contributed by atoms with Crippen molar-refractivity contribution in [2.45, 2.75) is 32.7 Å². The zero-order chi connectivity index (χ0) is 25.4. The molecule has 2 heterocycles. The number of aliphatic hydroxyl groups excluding tert-OH is 1. The average molecular weight is 495 g/mol. The predicted molar refractivity (Wildman–Crippen MR) is 139 cm³/mol. The molecule has 0 aliphatic rings. The maximum Gasteiger partial charge on any atom is 0.255 e. The zero-order valence-electron chi connectivity index (χ0n) is 20.3. The van der Waals surface area contributed by atoms with E-state index in [9.17, 15) is 18.3 Å². The lowest BCUT2D eigenvalue weighted by molar-refractivity contribution is 0.251. The van der Waals surface area contributed by atoms with E-state index in [4.69, 9.17) is 4.42 Å². The summed E-state index contributed by atoms with van der Waals surface area (Å²) in [6, 6.07) is 15.2. The number of fused-ring (bicyclic) bond motifs is 1. The number of aromatic amines is 1. The van der Waals surface area contributed by atoms with Gasteiger partial charge >= 0.3 is 0 Å². The molecule has 184 valence electrons. The van der Waals surface area contributed by atoms with Crippen molar-refractivity contribution < 1.29 is 17.9 Å². The van der Waals surface area contributed by atoms with Gasteiger partial charge in [0.15, 0.2) is 0 Å². The van der Waals surface area contributed by atoms with E-state index in [0.29, 0.717) is 5.56 Å². The summed E-state index contributed by atoms with van der Waals surface area (Å²) in [5.74, 6) is 0. The van der Waals surface area contributed by atoms with Crippen LogP contribution in [0.1, 0.15) is 31.9 Å². The molecule has 0 amide bonds. The number of rotatable bonds is 7. The van der Waals surface area contributed by atoms with Crippen molar-refractivity contribution in [1.29, 1.82) is 0 Å². The summed E-state index contributed by atoms with van der Waals surface area (Å²) in [6.45, 7) is 6.31. The Balaban J connectivity index is 1.80. The summed E-state index contributed by atoms with van der Waals surface area (Å²) < 4.78 is 31.3. The van der Waals surface area contributed by atoms with Gasteiger partial charge in [-0.1, -0.05) is 45.0 Å². The smallest absolute Gasteiger partial charge is 0.255 e. The molecule has 0 bridgehead atoms. The van der Waals surface area contributed by atoms with E-state index < -0.39 is 10.0 Å². The highest BCUT2D eigenvalue weighted by Crippen LogP contribution is 2.39. The Kier molecular flexibility index (Phi) is 6.73. The van der Waals surface area contributed by atoms with Crippen molar-refractivity contribution in [1.82, 2.24) is 9.29 Å². The van der Waals surface area contributed by atoms with Crippen molar-refractivity contribution in [2.24, 2.45) is 0 Å². The molecule has 2 N–H and O–H groups in total. The van der Waals surface area contributed by atoms with Gasteiger partial charge in [0.25, 0.3) is 5.56 Å². The summed E-state index contributed by atoms with van der Waals surface area (Å²) >= 11 is 0. The molecule has 0 unspecified atom stereocenters. The third kappa shape index (κ3) is 5.24. The highest BCUT2D eigenvalue weighted by Gasteiger charge is 2.23. The van der Waals surface area contributed by atoms with Crippen LogP contribution in [0.5, 0.6) is 0 Å². The topological polar surface area (TPSA) is 104 Å². The van der Waals surface area contributed by atoms with E-state index in [1.165, 1.54) is 4.31 Å². The van der Waals surface area contributed by atoms with Crippen LogP contribution in [0.3, 0.4) is 0 Å². The summed E-state index contributed by atoms with van der Waals surface area (Å²) in [6.07, 6.45) is 4.48. The Morgan fingerprint density at radius 1 is 1.03 bits per heavy atom. The second-order valence-electron chi connectivity index (χ2n) is 9.73. The number of hydrogen-bond acceptors (Lipinski definition) is 5. The molecule has 0 aliphatic carbocycles. The molecule has 4 rings (SSSR count). The Morgan fingerprint density at radius 3 is 2.34 bits per heavy atom. The summed E-state index contributed by atoms with van der Waals surface area (Å²) in [5, 5.41) is 10.1. The maximum absolute atomic E-state index is 12.5. The van der Waals surface area contributed by atoms with Crippen LogP contribution in [0.2, 0.25) is 0 Å². The Labute approximate surface area is 205 Å². The lowest BCUT2D eigenvalue weighted by Crippen LogP contribution is -2.32. The van der Waals surface area contributed by atoms with E-state index in [-0.39, 0.29) is 30.7 Å².